The number of carbonyl (C=O) groups excluding carboxylic acids is 1. The monoisotopic (exact) mass is 213 g/mol. The molecule has 1 heterocycles. The lowest BCUT2D eigenvalue weighted by Crippen LogP contribution is -2.47. The largest absolute Gasteiger partial charge is 0.336 e. The summed E-state index contributed by atoms with van der Waals surface area (Å²) in [5, 5.41) is 6.13. The SMILES string of the molecule is CNCC1CCN(C(=O)NC(C)C)CC1. The third-order valence-electron chi connectivity index (χ3n) is 2.81. The Morgan fingerprint density at radius 1 is 1.40 bits per heavy atom. The van der Waals surface area contributed by atoms with Crippen LogP contribution >= 0.6 is 0 Å². The Kier molecular flexibility index (Phi) is 4.88. The third kappa shape index (κ3) is 4.08. The van der Waals surface area contributed by atoms with Gasteiger partial charge in [0.05, 0.1) is 0 Å². The molecule has 15 heavy (non-hydrogen) atoms. The van der Waals surface area contributed by atoms with Gasteiger partial charge in [-0.1, -0.05) is 0 Å². The predicted octanol–water partition coefficient (Wildman–Crippen LogP) is 1.04. The van der Waals surface area contributed by atoms with Crippen molar-refractivity contribution in [2.24, 2.45) is 5.92 Å². The highest BCUT2D eigenvalue weighted by molar-refractivity contribution is 5.74. The molecule has 0 radical (unpaired) electrons. The maximum absolute atomic E-state index is 11.7. The molecule has 1 rings (SSSR count). The Bertz CT molecular complexity index is 198. The Balaban J connectivity index is 2.27. The normalized spacial score (nSPS) is 18.3. The maximum atomic E-state index is 11.7. The molecule has 88 valence electrons. The van der Waals surface area contributed by atoms with Gasteiger partial charge >= 0.3 is 6.03 Å². The average molecular weight is 213 g/mol. The number of amides is 2. The highest BCUT2D eigenvalue weighted by Crippen LogP contribution is 2.16. The van der Waals surface area contributed by atoms with Gasteiger partial charge in [0.1, 0.15) is 0 Å². The van der Waals surface area contributed by atoms with E-state index in [0.29, 0.717) is 0 Å². The molecule has 0 atom stereocenters. The zero-order chi connectivity index (χ0) is 11.3. The maximum Gasteiger partial charge on any atom is 0.317 e. The van der Waals surface area contributed by atoms with Crippen molar-refractivity contribution < 1.29 is 4.79 Å². The van der Waals surface area contributed by atoms with Crippen molar-refractivity contribution in [2.45, 2.75) is 32.7 Å². The van der Waals surface area contributed by atoms with Crippen LogP contribution in [0.4, 0.5) is 4.79 Å². The molecule has 1 saturated heterocycles. The first-order valence-corrected chi connectivity index (χ1v) is 5.83. The van der Waals surface area contributed by atoms with E-state index in [1.807, 2.05) is 25.8 Å². The molecular formula is C11H23N3O. The minimum Gasteiger partial charge on any atom is -0.336 e. The molecule has 0 aliphatic carbocycles. The van der Waals surface area contributed by atoms with Crippen molar-refractivity contribution >= 4 is 6.03 Å². The zero-order valence-electron chi connectivity index (χ0n) is 10.0. The molecule has 0 unspecified atom stereocenters. The van der Waals surface area contributed by atoms with E-state index < -0.39 is 0 Å². The van der Waals surface area contributed by atoms with Crippen LogP contribution in [0.15, 0.2) is 0 Å². The molecule has 1 fully saturated rings. The molecule has 4 nitrogen and oxygen atoms in total. The van der Waals surface area contributed by atoms with Crippen molar-refractivity contribution in [1.82, 2.24) is 15.5 Å². The first kappa shape index (κ1) is 12.3. The number of hydrogen-bond acceptors (Lipinski definition) is 2. The first-order chi connectivity index (χ1) is 7.13. The summed E-state index contributed by atoms with van der Waals surface area (Å²) in [4.78, 5) is 13.6. The van der Waals surface area contributed by atoms with E-state index in [1.54, 1.807) is 0 Å². The number of piperidine rings is 1. The minimum absolute atomic E-state index is 0.0907. The Labute approximate surface area is 92.4 Å². The van der Waals surface area contributed by atoms with E-state index in [9.17, 15) is 4.79 Å². The molecule has 4 heteroatoms. The van der Waals surface area contributed by atoms with Gasteiger partial charge in [0.2, 0.25) is 0 Å². The van der Waals surface area contributed by atoms with Crippen molar-refractivity contribution in [2.75, 3.05) is 26.7 Å². The van der Waals surface area contributed by atoms with Gasteiger partial charge < -0.3 is 15.5 Å². The van der Waals surface area contributed by atoms with E-state index >= 15 is 0 Å². The van der Waals surface area contributed by atoms with Crippen LogP contribution in [0.3, 0.4) is 0 Å². The molecular weight excluding hydrogens is 190 g/mol. The van der Waals surface area contributed by atoms with E-state index in [1.165, 1.54) is 0 Å². The molecule has 0 bridgehead atoms. The van der Waals surface area contributed by atoms with E-state index in [4.69, 9.17) is 0 Å². The zero-order valence-corrected chi connectivity index (χ0v) is 10.0. The van der Waals surface area contributed by atoms with Crippen molar-refractivity contribution in [3.8, 4) is 0 Å². The number of carbonyl (C=O) groups is 1. The lowest BCUT2D eigenvalue weighted by atomic mass is 9.97. The topological polar surface area (TPSA) is 44.4 Å². The summed E-state index contributed by atoms with van der Waals surface area (Å²) < 4.78 is 0. The number of nitrogens with zero attached hydrogens (tertiary/aromatic N) is 1. The van der Waals surface area contributed by atoms with Gasteiger partial charge in [-0.15, -0.1) is 0 Å². The number of likely N-dealkylation sites (tertiary alicyclic amines) is 1. The smallest absolute Gasteiger partial charge is 0.317 e. The summed E-state index contributed by atoms with van der Waals surface area (Å²) in [6.07, 6.45) is 2.23. The fourth-order valence-corrected chi connectivity index (χ4v) is 1.97. The van der Waals surface area contributed by atoms with Crippen LogP contribution in [-0.4, -0.2) is 43.7 Å². The van der Waals surface area contributed by atoms with Gasteiger partial charge in [-0.05, 0) is 46.2 Å². The fraction of sp³-hybridized carbons (Fsp3) is 0.909. The second kappa shape index (κ2) is 5.95. The highest BCUT2D eigenvalue weighted by atomic mass is 16.2. The molecule has 0 spiro atoms. The second-order valence-corrected chi connectivity index (χ2v) is 4.59. The number of hydrogen-bond donors (Lipinski definition) is 2. The highest BCUT2D eigenvalue weighted by Gasteiger charge is 2.22. The standard InChI is InChI=1S/C11H23N3O/c1-9(2)13-11(15)14-6-4-10(5-7-14)8-12-3/h9-10,12H,4-8H2,1-3H3,(H,13,15). The van der Waals surface area contributed by atoms with Gasteiger partial charge in [-0.25, -0.2) is 4.79 Å². The molecule has 0 saturated carbocycles. The van der Waals surface area contributed by atoms with E-state index in [-0.39, 0.29) is 12.1 Å². The predicted molar refractivity (Wildman–Crippen MR) is 61.9 cm³/mol. The van der Waals surface area contributed by atoms with Gasteiger partial charge in [0.15, 0.2) is 0 Å². The van der Waals surface area contributed by atoms with Gasteiger partial charge in [0.25, 0.3) is 0 Å². The number of rotatable bonds is 3. The number of urea groups is 1. The van der Waals surface area contributed by atoms with Crippen LogP contribution in [0.2, 0.25) is 0 Å². The van der Waals surface area contributed by atoms with Gasteiger partial charge in [0, 0.05) is 19.1 Å². The second-order valence-electron chi connectivity index (χ2n) is 4.59. The third-order valence-corrected chi connectivity index (χ3v) is 2.81. The summed E-state index contributed by atoms with van der Waals surface area (Å²) in [5.74, 6) is 0.734. The van der Waals surface area contributed by atoms with Crippen molar-refractivity contribution in [1.29, 1.82) is 0 Å². The summed E-state index contributed by atoms with van der Waals surface area (Å²) in [6, 6.07) is 0.320. The summed E-state index contributed by atoms with van der Waals surface area (Å²) >= 11 is 0. The molecule has 1 aliphatic rings. The van der Waals surface area contributed by atoms with Crippen molar-refractivity contribution in [3.05, 3.63) is 0 Å². The van der Waals surface area contributed by atoms with Crippen LogP contribution in [0.1, 0.15) is 26.7 Å². The minimum atomic E-state index is 0.0907. The quantitative estimate of drug-likeness (QED) is 0.735. The Hall–Kier alpha value is -0.770. The Morgan fingerprint density at radius 3 is 2.47 bits per heavy atom. The Morgan fingerprint density at radius 2 is 2.00 bits per heavy atom. The molecule has 0 aromatic rings. The van der Waals surface area contributed by atoms with Gasteiger partial charge in [-0.3, -0.25) is 0 Å². The molecule has 0 aromatic heterocycles. The fourth-order valence-electron chi connectivity index (χ4n) is 1.97. The lowest BCUT2D eigenvalue weighted by Gasteiger charge is -2.32. The molecule has 0 aromatic carbocycles. The van der Waals surface area contributed by atoms with Crippen LogP contribution < -0.4 is 10.6 Å². The average Bonchev–Trinajstić information content (AvgIpc) is 2.18. The van der Waals surface area contributed by atoms with Crippen molar-refractivity contribution in [3.63, 3.8) is 0 Å². The van der Waals surface area contributed by atoms with Crippen LogP contribution in [0.25, 0.3) is 0 Å². The summed E-state index contributed by atoms with van der Waals surface area (Å²) in [6.45, 7) is 6.84. The first-order valence-electron chi connectivity index (χ1n) is 5.83. The van der Waals surface area contributed by atoms with Crippen LogP contribution in [0.5, 0.6) is 0 Å². The summed E-state index contributed by atoms with van der Waals surface area (Å²) in [5.41, 5.74) is 0. The van der Waals surface area contributed by atoms with Crippen LogP contribution in [0, 0.1) is 5.92 Å². The van der Waals surface area contributed by atoms with Gasteiger partial charge in [-0.2, -0.15) is 0 Å². The van der Waals surface area contributed by atoms with E-state index in [0.717, 1.165) is 38.4 Å². The number of nitrogens with one attached hydrogen (secondary N) is 2. The van der Waals surface area contributed by atoms with Crippen LogP contribution in [-0.2, 0) is 0 Å². The molecule has 2 N–H and O–H groups in total. The molecule has 2 amide bonds. The lowest BCUT2D eigenvalue weighted by molar-refractivity contribution is 0.168. The van der Waals surface area contributed by atoms with E-state index in [2.05, 4.69) is 10.6 Å². The molecule has 1 aliphatic heterocycles. The summed E-state index contributed by atoms with van der Waals surface area (Å²) in [7, 11) is 1.98.